The van der Waals surface area contributed by atoms with Crippen LogP contribution in [0.2, 0.25) is 0 Å². The Hall–Kier alpha value is -1.23. The van der Waals surface area contributed by atoms with Crippen LogP contribution in [-0.2, 0) is 19.1 Å². The molecule has 100 valence electrons. The van der Waals surface area contributed by atoms with Gasteiger partial charge in [-0.3, -0.25) is 9.59 Å². The molecule has 1 N–H and O–H groups in total. The van der Waals surface area contributed by atoms with Gasteiger partial charge >= 0.3 is 5.97 Å². The highest BCUT2D eigenvalue weighted by Crippen LogP contribution is 1.91. The Morgan fingerprint density at radius 2 is 1.65 bits per heavy atom. The first-order chi connectivity index (χ1) is 7.81. The Labute approximate surface area is 102 Å². The first kappa shape index (κ1) is 18.1. The van der Waals surface area contributed by atoms with Gasteiger partial charge in [0, 0.05) is 0 Å². The summed E-state index contributed by atoms with van der Waals surface area (Å²) in [5, 5.41) is 8.65. The number of hydrogen-bond donors (Lipinski definition) is 1. The summed E-state index contributed by atoms with van der Waals surface area (Å²) >= 11 is 0. The highest BCUT2D eigenvalue weighted by molar-refractivity contribution is 5.96. The number of carbonyl (C=O) groups excluding carboxylic acids is 3. The lowest BCUT2D eigenvalue weighted by Crippen LogP contribution is -2.19. The largest absolute Gasteiger partial charge is 0.464 e. The van der Waals surface area contributed by atoms with Crippen LogP contribution in [0.15, 0.2) is 0 Å². The monoisotopic (exact) mass is 246 g/mol. The number of carbonyl (C=O) groups is 3. The van der Waals surface area contributed by atoms with E-state index in [1.54, 1.807) is 0 Å². The maximum Gasteiger partial charge on any atom is 0.334 e. The highest BCUT2D eigenvalue weighted by Gasteiger charge is 2.08. The Bertz CT molecular complexity index is 233. The van der Waals surface area contributed by atoms with Crippen molar-refractivity contribution in [3.8, 4) is 0 Å². The quantitative estimate of drug-likeness (QED) is 0.433. The van der Waals surface area contributed by atoms with Crippen LogP contribution >= 0.6 is 0 Å². The van der Waals surface area contributed by atoms with Crippen LogP contribution in [0.25, 0.3) is 0 Å². The summed E-state index contributed by atoms with van der Waals surface area (Å²) in [6.45, 7) is 6.63. The van der Waals surface area contributed by atoms with Crippen LogP contribution in [-0.4, -0.2) is 35.4 Å². The van der Waals surface area contributed by atoms with Gasteiger partial charge in [-0.1, -0.05) is 13.3 Å². The maximum absolute atomic E-state index is 10.5. The fourth-order valence-corrected chi connectivity index (χ4v) is 0.788. The third-order valence-corrected chi connectivity index (χ3v) is 1.58. The van der Waals surface area contributed by atoms with Gasteiger partial charge in [0.15, 0.2) is 0 Å². The van der Waals surface area contributed by atoms with Gasteiger partial charge in [-0.15, -0.1) is 0 Å². The molecule has 5 nitrogen and oxygen atoms in total. The predicted molar refractivity (Wildman–Crippen MR) is 63.5 cm³/mol. The fourth-order valence-electron chi connectivity index (χ4n) is 0.788. The molecule has 0 rings (SSSR count). The van der Waals surface area contributed by atoms with Crippen molar-refractivity contribution in [1.82, 2.24) is 0 Å². The lowest BCUT2D eigenvalue weighted by molar-refractivity contribution is -0.152. The molecular formula is C12H22O5. The zero-order chi connectivity index (χ0) is 13.8. The third-order valence-electron chi connectivity index (χ3n) is 1.58. The molecule has 0 heterocycles. The van der Waals surface area contributed by atoms with Gasteiger partial charge in [-0.25, -0.2) is 4.79 Å². The first-order valence-corrected chi connectivity index (χ1v) is 5.64. The molecule has 0 aromatic rings. The summed E-state index contributed by atoms with van der Waals surface area (Å²) in [7, 11) is 0. The molecule has 0 radical (unpaired) electrons. The zero-order valence-corrected chi connectivity index (χ0v) is 11.0. The van der Waals surface area contributed by atoms with Crippen LogP contribution in [0.5, 0.6) is 0 Å². The Morgan fingerprint density at radius 1 is 1.18 bits per heavy atom. The Kier molecular flexibility index (Phi) is 12.0. The number of rotatable bonds is 6. The van der Waals surface area contributed by atoms with Crippen LogP contribution in [0.3, 0.4) is 0 Å². The summed E-state index contributed by atoms with van der Waals surface area (Å²) < 4.78 is 4.65. The highest BCUT2D eigenvalue weighted by atomic mass is 16.5. The predicted octanol–water partition coefficient (Wildman–Crippen LogP) is 1.26. The summed E-state index contributed by atoms with van der Waals surface area (Å²) in [6, 6.07) is 0. The molecule has 0 bridgehead atoms. The maximum atomic E-state index is 10.5. The van der Waals surface area contributed by atoms with Gasteiger partial charge in [-0.2, -0.15) is 0 Å². The Morgan fingerprint density at radius 3 is 1.88 bits per heavy atom. The molecule has 17 heavy (non-hydrogen) atoms. The van der Waals surface area contributed by atoms with E-state index in [0.717, 1.165) is 12.8 Å². The molecule has 5 heteroatoms. The third kappa shape index (κ3) is 17.4. The van der Waals surface area contributed by atoms with Crippen LogP contribution in [0, 0.1) is 0 Å². The van der Waals surface area contributed by atoms with Gasteiger partial charge < -0.3 is 9.84 Å². The van der Waals surface area contributed by atoms with E-state index in [9.17, 15) is 14.4 Å². The first-order valence-electron chi connectivity index (χ1n) is 5.64. The standard InChI is InChI=1S/C7H14O3.C5H8O2/c1-3-4-5-10-7(9)6(2)8;1-4(6)3-5(2)7/h6,8H,3-5H2,1-2H3;3H2,1-2H3. The average molecular weight is 246 g/mol. The van der Waals surface area contributed by atoms with E-state index in [4.69, 9.17) is 5.11 Å². The second-order valence-electron chi connectivity index (χ2n) is 3.78. The minimum absolute atomic E-state index is 0.0625. The van der Waals surface area contributed by atoms with E-state index in [-0.39, 0.29) is 18.0 Å². The number of hydrogen-bond acceptors (Lipinski definition) is 5. The van der Waals surface area contributed by atoms with Crippen molar-refractivity contribution in [1.29, 1.82) is 0 Å². The molecular weight excluding hydrogens is 224 g/mol. The van der Waals surface area contributed by atoms with Crippen molar-refractivity contribution in [3.05, 3.63) is 0 Å². The van der Waals surface area contributed by atoms with E-state index >= 15 is 0 Å². The number of Topliss-reactive ketones (excluding diaryl/α,β-unsaturated/α-hetero) is 2. The van der Waals surface area contributed by atoms with E-state index in [1.165, 1.54) is 20.8 Å². The summed E-state index contributed by atoms with van der Waals surface area (Å²) in [5.41, 5.74) is 0. The van der Waals surface area contributed by atoms with E-state index in [1.807, 2.05) is 6.92 Å². The lowest BCUT2D eigenvalue weighted by atomic mass is 10.2. The molecule has 0 aliphatic rings. The van der Waals surface area contributed by atoms with Crippen LogP contribution in [0.4, 0.5) is 0 Å². The van der Waals surface area contributed by atoms with Gasteiger partial charge in [0.05, 0.1) is 13.0 Å². The van der Waals surface area contributed by atoms with Gasteiger partial charge in [-0.05, 0) is 27.2 Å². The van der Waals surface area contributed by atoms with E-state index < -0.39 is 12.1 Å². The molecule has 1 atom stereocenters. The molecule has 0 amide bonds. The number of esters is 1. The molecule has 0 saturated heterocycles. The van der Waals surface area contributed by atoms with Crippen LogP contribution < -0.4 is 0 Å². The number of ketones is 2. The fraction of sp³-hybridized carbons (Fsp3) is 0.750. The van der Waals surface area contributed by atoms with Crippen molar-refractivity contribution >= 4 is 17.5 Å². The van der Waals surface area contributed by atoms with E-state index in [2.05, 4.69) is 4.74 Å². The van der Waals surface area contributed by atoms with Gasteiger partial charge in [0.1, 0.15) is 17.7 Å². The normalized spacial score (nSPS) is 10.9. The SMILES string of the molecule is CC(=O)CC(C)=O.CCCCOC(=O)C(C)O. The second kappa shape index (κ2) is 11.3. The summed E-state index contributed by atoms with van der Waals surface area (Å²) in [6.07, 6.45) is 0.947. The summed E-state index contributed by atoms with van der Waals surface area (Å²) in [5.74, 6) is -0.659. The van der Waals surface area contributed by atoms with E-state index in [0.29, 0.717) is 6.61 Å². The topological polar surface area (TPSA) is 80.7 Å². The minimum atomic E-state index is -0.989. The molecule has 0 spiro atoms. The van der Waals surface area contributed by atoms with Gasteiger partial charge in [0.2, 0.25) is 0 Å². The molecule has 0 saturated carbocycles. The number of ether oxygens (including phenoxy) is 1. The molecule has 0 aliphatic heterocycles. The summed E-state index contributed by atoms with van der Waals surface area (Å²) in [4.78, 5) is 30.6. The van der Waals surface area contributed by atoms with Crippen molar-refractivity contribution in [2.75, 3.05) is 6.61 Å². The van der Waals surface area contributed by atoms with Crippen molar-refractivity contribution in [2.45, 2.75) is 53.1 Å². The molecule has 0 aromatic carbocycles. The molecule has 0 fully saturated rings. The van der Waals surface area contributed by atoms with Crippen LogP contribution in [0.1, 0.15) is 47.0 Å². The zero-order valence-electron chi connectivity index (χ0n) is 11.0. The molecule has 0 aromatic heterocycles. The number of unbranched alkanes of at least 4 members (excludes halogenated alkanes) is 1. The average Bonchev–Trinajstić information content (AvgIpc) is 2.16. The molecule has 1 unspecified atom stereocenters. The second-order valence-corrected chi connectivity index (χ2v) is 3.78. The number of aliphatic hydroxyl groups is 1. The van der Waals surface area contributed by atoms with Gasteiger partial charge in [0.25, 0.3) is 0 Å². The van der Waals surface area contributed by atoms with Crippen molar-refractivity contribution < 1.29 is 24.2 Å². The van der Waals surface area contributed by atoms with Crippen molar-refractivity contribution in [2.24, 2.45) is 0 Å². The Balaban J connectivity index is 0. The lowest BCUT2D eigenvalue weighted by Gasteiger charge is -2.04. The minimum Gasteiger partial charge on any atom is -0.464 e. The number of aliphatic hydroxyl groups excluding tert-OH is 1. The van der Waals surface area contributed by atoms with Crippen molar-refractivity contribution in [3.63, 3.8) is 0 Å². The smallest absolute Gasteiger partial charge is 0.334 e. The molecule has 0 aliphatic carbocycles.